The molecule has 7 rings (SSSR count). The molecule has 0 saturated heterocycles. The Hall–Kier alpha value is -3.75. The van der Waals surface area contributed by atoms with E-state index in [4.69, 9.17) is 26.1 Å². The first-order chi connectivity index (χ1) is 20.3. The van der Waals surface area contributed by atoms with Crippen molar-refractivity contribution in [2.75, 3.05) is 20.3 Å². The molecule has 1 amide bonds. The number of carbonyl (C=O) groups excluding carboxylic acids is 1. The van der Waals surface area contributed by atoms with E-state index in [2.05, 4.69) is 23.3 Å². The molecule has 1 aliphatic heterocycles. The lowest BCUT2D eigenvalue weighted by Crippen LogP contribution is -2.29. The number of rotatable bonds is 7. The second-order valence-electron chi connectivity index (χ2n) is 11.3. The summed E-state index contributed by atoms with van der Waals surface area (Å²) in [5.74, 6) is 1.54. The highest BCUT2D eigenvalue weighted by molar-refractivity contribution is 7.17. The number of carbonyl (C=O) groups is 1. The molecule has 2 aromatic carbocycles. The molecule has 0 radical (unpaired) electrons. The van der Waals surface area contributed by atoms with E-state index in [1.54, 1.807) is 25.3 Å². The summed E-state index contributed by atoms with van der Waals surface area (Å²) in [6.07, 6.45) is 2.17. The van der Waals surface area contributed by atoms with Crippen molar-refractivity contribution < 1.29 is 18.7 Å². The minimum absolute atomic E-state index is 0.0357. The van der Waals surface area contributed by atoms with Crippen LogP contribution in [0.4, 0.5) is 4.39 Å². The third-order valence-electron chi connectivity index (χ3n) is 8.38. The average molecular weight is 602 g/mol. The number of hydrogen-bond acceptors (Lipinski definition) is 6. The number of ether oxygens (including phenoxy) is 2. The van der Waals surface area contributed by atoms with Gasteiger partial charge >= 0.3 is 0 Å². The number of pyridine rings is 2. The molecule has 5 aromatic rings. The Labute approximate surface area is 251 Å². The lowest BCUT2D eigenvalue weighted by molar-refractivity contribution is 0.0950. The van der Waals surface area contributed by atoms with Crippen LogP contribution in [0.15, 0.2) is 47.8 Å². The number of nitrogens with one attached hydrogen (secondary N) is 1. The van der Waals surface area contributed by atoms with E-state index in [-0.39, 0.29) is 23.6 Å². The number of amides is 1. The van der Waals surface area contributed by atoms with Gasteiger partial charge in [-0.2, -0.15) is 0 Å². The molecule has 1 saturated carbocycles. The third-order valence-corrected chi connectivity index (χ3v) is 9.77. The van der Waals surface area contributed by atoms with Crippen molar-refractivity contribution in [3.8, 4) is 22.8 Å². The van der Waals surface area contributed by atoms with E-state index >= 15 is 0 Å². The molecule has 9 heteroatoms. The number of benzene rings is 2. The maximum Gasteiger partial charge on any atom is 0.251 e. The second kappa shape index (κ2) is 10.5. The fourth-order valence-corrected chi connectivity index (χ4v) is 7.01. The molecule has 2 aliphatic rings. The maximum atomic E-state index is 14.6. The zero-order valence-corrected chi connectivity index (χ0v) is 25.0. The van der Waals surface area contributed by atoms with Crippen molar-refractivity contribution >= 4 is 49.8 Å². The Morgan fingerprint density at radius 2 is 2.07 bits per heavy atom. The maximum absolute atomic E-state index is 14.6. The number of hydrogen-bond donors (Lipinski definition) is 1. The number of thiophene rings is 1. The quantitative estimate of drug-likeness (QED) is 0.204. The summed E-state index contributed by atoms with van der Waals surface area (Å²) < 4.78 is 26.9. The lowest BCUT2D eigenvalue weighted by Gasteiger charge is -2.20. The SMILES string of the molecule is COc1cc(C(=O)NCC(c2cc3c(c(-c4csc5c(F)cccc45)n2)OCC3C)C2CC2)cc2cc(Cl)c(C)nc12. The van der Waals surface area contributed by atoms with Gasteiger partial charge in [0.2, 0.25) is 0 Å². The minimum Gasteiger partial charge on any atom is -0.494 e. The topological polar surface area (TPSA) is 73.3 Å². The molecule has 214 valence electrons. The summed E-state index contributed by atoms with van der Waals surface area (Å²) in [6.45, 7) is 5.01. The number of aryl methyl sites for hydroxylation is 1. The molecule has 1 aliphatic carbocycles. The Morgan fingerprint density at radius 1 is 1.24 bits per heavy atom. The standard InChI is InChI=1S/C33H29ClFN3O3S/c1-16-14-41-31-22(16)12-27(38-30(31)24-15-42-32-21(24)5-4-6-26(32)35)23(18-7-8-18)13-36-33(39)20-9-19-10-25(34)17(2)37-29(19)28(11-20)40-3/h4-6,9-12,15-16,18,23H,7-8,13-14H2,1-3H3,(H,36,39). The van der Waals surface area contributed by atoms with Gasteiger partial charge in [0.1, 0.15) is 28.5 Å². The number of halogens is 2. The highest BCUT2D eigenvalue weighted by Gasteiger charge is 2.36. The van der Waals surface area contributed by atoms with Gasteiger partial charge in [0, 0.05) is 56.9 Å². The normalized spacial score (nSPS) is 16.8. The third kappa shape index (κ3) is 4.67. The van der Waals surface area contributed by atoms with Crippen LogP contribution in [0.5, 0.6) is 11.5 Å². The van der Waals surface area contributed by atoms with E-state index in [1.165, 1.54) is 17.4 Å². The highest BCUT2D eigenvalue weighted by atomic mass is 35.5. The number of fused-ring (bicyclic) bond motifs is 3. The molecule has 1 N–H and O–H groups in total. The summed E-state index contributed by atoms with van der Waals surface area (Å²) in [6, 6.07) is 12.6. The molecule has 4 heterocycles. The Balaban J connectivity index is 1.23. The smallest absolute Gasteiger partial charge is 0.251 e. The molecular formula is C33H29ClFN3O3S. The van der Waals surface area contributed by atoms with E-state index in [0.717, 1.165) is 51.9 Å². The first kappa shape index (κ1) is 27.1. The number of methoxy groups -OCH3 is 1. The molecule has 42 heavy (non-hydrogen) atoms. The molecule has 1 fully saturated rings. The number of nitrogens with zero attached hydrogens (tertiary/aromatic N) is 2. The van der Waals surface area contributed by atoms with Gasteiger partial charge in [-0.05, 0) is 56.0 Å². The van der Waals surface area contributed by atoms with Gasteiger partial charge in [-0.1, -0.05) is 30.7 Å². The summed E-state index contributed by atoms with van der Waals surface area (Å²) in [5, 5.41) is 7.25. The van der Waals surface area contributed by atoms with E-state index in [1.807, 2.05) is 24.4 Å². The monoisotopic (exact) mass is 601 g/mol. The molecule has 0 spiro atoms. The summed E-state index contributed by atoms with van der Waals surface area (Å²) in [5.41, 5.74) is 5.52. The van der Waals surface area contributed by atoms with Gasteiger partial charge in [0.15, 0.2) is 0 Å². The van der Waals surface area contributed by atoms with E-state index in [0.29, 0.717) is 51.3 Å². The van der Waals surface area contributed by atoms with Gasteiger partial charge in [0.25, 0.3) is 5.91 Å². The lowest BCUT2D eigenvalue weighted by atomic mass is 9.93. The first-order valence-corrected chi connectivity index (χ1v) is 15.3. The molecule has 3 aromatic heterocycles. The van der Waals surface area contributed by atoms with Crippen LogP contribution in [0.2, 0.25) is 5.02 Å². The fraction of sp³-hybridized carbons (Fsp3) is 0.303. The summed E-state index contributed by atoms with van der Waals surface area (Å²) >= 11 is 7.71. The zero-order valence-electron chi connectivity index (χ0n) is 23.5. The fourth-order valence-electron chi connectivity index (χ4n) is 5.89. The van der Waals surface area contributed by atoms with Crippen LogP contribution in [-0.2, 0) is 0 Å². The Kier molecular flexibility index (Phi) is 6.78. The summed E-state index contributed by atoms with van der Waals surface area (Å²) in [4.78, 5) is 23.2. The summed E-state index contributed by atoms with van der Waals surface area (Å²) in [7, 11) is 1.57. The Bertz CT molecular complexity index is 1890. The first-order valence-electron chi connectivity index (χ1n) is 14.1. The molecule has 6 nitrogen and oxygen atoms in total. The van der Waals surface area contributed by atoms with Gasteiger partial charge < -0.3 is 14.8 Å². The van der Waals surface area contributed by atoms with Crippen molar-refractivity contribution in [2.24, 2.45) is 5.92 Å². The van der Waals surface area contributed by atoms with Crippen molar-refractivity contribution in [2.45, 2.75) is 38.5 Å². The van der Waals surface area contributed by atoms with Crippen LogP contribution in [0.1, 0.15) is 58.9 Å². The minimum atomic E-state index is -0.233. The van der Waals surface area contributed by atoms with Crippen LogP contribution < -0.4 is 14.8 Å². The van der Waals surface area contributed by atoms with Gasteiger partial charge in [0.05, 0.1) is 29.1 Å². The van der Waals surface area contributed by atoms with Crippen molar-refractivity contribution in [3.63, 3.8) is 0 Å². The van der Waals surface area contributed by atoms with Crippen LogP contribution in [-0.4, -0.2) is 36.1 Å². The molecule has 2 atom stereocenters. The predicted molar refractivity (Wildman–Crippen MR) is 165 cm³/mol. The zero-order chi connectivity index (χ0) is 29.1. The van der Waals surface area contributed by atoms with E-state index < -0.39 is 0 Å². The van der Waals surface area contributed by atoms with Crippen molar-refractivity contribution in [3.05, 3.63) is 81.2 Å². The van der Waals surface area contributed by atoms with Gasteiger partial charge in [-0.15, -0.1) is 11.3 Å². The van der Waals surface area contributed by atoms with Crippen LogP contribution in [0, 0.1) is 18.7 Å². The highest BCUT2D eigenvalue weighted by Crippen LogP contribution is 2.48. The van der Waals surface area contributed by atoms with Crippen molar-refractivity contribution in [1.29, 1.82) is 0 Å². The van der Waals surface area contributed by atoms with Crippen LogP contribution >= 0.6 is 22.9 Å². The second-order valence-corrected chi connectivity index (χ2v) is 12.5. The van der Waals surface area contributed by atoms with Crippen molar-refractivity contribution in [1.82, 2.24) is 15.3 Å². The van der Waals surface area contributed by atoms with Gasteiger partial charge in [-0.3, -0.25) is 4.79 Å². The molecule has 2 unspecified atom stereocenters. The van der Waals surface area contributed by atoms with Crippen LogP contribution in [0.25, 0.3) is 32.2 Å². The number of aromatic nitrogens is 2. The van der Waals surface area contributed by atoms with Crippen LogP contribution in [0.3, 0.4) is 0 Å². The molecule has 0 bridgehead atoms. The average Bonchev–Trinajstić information content (AvgIpc) is 3.61. The Morgan fingerprint density at radius 3 is 2.86 bits per heavy atom. The predicted octanol–water partition coefficient (Wildman–Crippen LogP) is 8.04. The van der Waals surface area contributed by atoms with Gasteiger partial charge in [-0.25, -0.2) is 14.4 Å². The van der Waals surface area contributed by atoms with E-state index in [9.17, 15) is 9.18 Å². The molecular weight excluding hydrogens is 573 g/mol. The largest absolute Gasteiger partial charge is 0.494 e.